The minimum absolute atomic E-state index is 0.00373. The largest absolute Gasteiger partial charge is 0.350 e. The predicted molar refractivity (Wildman–Crippen MR) is 88.6 cm³/mol. The Hall–Kier alpha value is -2.17. The van der Waals surface area contributed by atoms with E-state index in [-0.39, 0.29) is 29.7 Å². The third-order valence-corrected chi connectivity index (χ3v) is 5.40. The smallest absolute Gasteiger partial charge is 0.264 e. The molecule has 1 aromatic carbocycles. The van der Waals surface area contributed by atoms with Crippen LogP contribution in [0.4, 0.5) is 0 Å². The summed E-state index contributed by atoms with van der Waals surface area (Å²) in [5.41, 5.74) is 0.846. The fraction of sp³-hybridized carbons (Fsp3) is 0.286. The van der Waals surface area contributed by atoms with E-state index in [1.807, 2.05) is 0 Å². The Morgan fingerprint density at radius 2 is 2.00 bits per heavy atom. The van der Waals surface area contributed by atoms with Crippen molar-refractivity contribution in [2.75, 3.05) is 13.1 Å². The zero-order valence-corrected chi connectivity index (χ0v) is 14.7. The van der Waals surface area contributed by atoms with Gasteiger partial charge in [0.05, 0.1) is 10.6 Å². The lowest BCUT2D eigenvalue weighted by molar-refractivity contribution is 0.0956. The molecule has 0 aliphatic rings. The summed E-state index contributed by atoms with van der Waals surface area (Å²) in [6, 6.07) is 5.77. The van der Waals surface area contributed by atoms with Crippen LogP contribution in [-0.2, 0) is 10.0 Å². The van der Waals surface area contributed by atoms with E-state index in [1.165, 1.54) is 25.1 Å². The summed E-state index contributed by atoms with van der Waals surface area (Å²) in [5.74, 6) is -0.562. The van der Waals surface area contributed by atoms with Crippen molar-refractivity contribution in [2.24, 2.45) is 0 Å². The number of Topliss-reactive ketones (excluding diaryl/α,β-unsaturated/α-hetero) is 1. The molecule has 1 heterocycles. The van der Waals surface area contributed by atoms with Gasteiger partial charge in [-0.15, -0.1) is 5.10 Å². The minimum Gasteiger partial charge on any atom is -0.350 e. The van der Waals surface area contributed by atoms with Crippen LogP contribution in [0.3, 0.4) is 0 Å². The number of sulfonamides is 1. The second-order valence-electron chi connectivity index (χ2n) is 4.93. The fourth-order valence-corrected chi connectivity index (χ4v) is 3.50. The molecule has 0 atom stereocenters. The Morgan fingerprint density at radius 3 is 2.62 bits per heavy atom. The van der Waals surface area contributed by atoms with Gasteiger partial charge in [-0.25, -0.2) is 13.1 Å². The van der Waals surface area contributed by atoms with E-state index < -0.39 is 10.0 Å². The molecule has 8 nitrogen and oxygen atoms in total. The van der Waals surface area contributed by atoms with E-state index in [1.54, 1.807) is 13.0 Å². The molecule has 24 heavy (non-hydrogen) atoms. The van der Waals surface area contributed by atoms with Gasteiger partial charge in [0, 0.05) is 18.7 Å². The molecule has 1 aromatic heterocycles. The first-order chi connectivity index (χ1) is 11.3. The Kier molecular flexibility index (Phi) is 5.75. The number of hydrogen-bond acceptors (Lipinski definition) is 7. The van der Waals surface area contributed by atoms with Crippen LogP contribution >= 0.6 is 11.5 Å². The Labute approximate surface area is 143 Å². The number of nitrogens with one attached hydrogen (secondary N) is 2. The molecule has 10 heteroatoms. The van der Waals surface area contributed by atoms with Crippen LogP contribution in [0.2, 0.25) is 0 Å². The molecule has 128 valence electrons. The predicted octanol–water partition coefficient (Wildman–Crippen LogP) is 0.757. The Balaban J connectivity index is 1.91. The highest BCUT2D eigenvalue weighted by Crippen LogP contribution is 2.12. The van der Waals surface area contributed by atoms with Gasteiger partial charge in [-0.3, -0.25) is 9.59 Å². The number of hydrogen-bond donors (Lipinski definition) is 2. The van der Waals surface area contributed by atoms with Crippen LogP contribution in [-0.4, -0.2) is 42.8 Å². The Bertz CT molecular complexity index is 861. The topological polar surface area (TPSA) is 118 Å². The van der Waals surface area contributed by atoms with E-state index in [4.69, 9.17) is 0 Å². The average Bonchev–Trinajstić information content (AvgIpc) is 2.97. The molecular formula is C14H16N4O4S2. The van der Waals surface area contributed by atoms with Crippen molar-refractivity contribution < 1.29 is 18.0 Å². The molecule has 2 rings (SSSR count). The van der Waals surface area contributed by atoms with Crippen molar-refractivity contribution in [3.63, 3.8) is 0 Å². The van der Waals surface area contributed by atoms with E-state index >= 15 is 0 Å². The van der Waals surface area contributed by atoms with Crippen molar-refractivity contribution in [3.8, 4) is 0 Å². The summed E-state index contributed by atoms with van der Waals surface area (Å²) >= 11 is 0.979. The van der Waals surface area contributed by atoms with E-state index in [2.05, 4.69) is 19.6 Å². The zero-order valence-electron chi connectivity index (χ0n) is 13.1. The number of benzene rings is 1. The van der Waals surface area contributed by atoms with Crippen molar-refractivity contribution in [2.45, 2.75) is 18.7 Å². The first-order valence-electron chi connectivity index (χ1n) is 6.99. The second kappa shape index (κ2) is 7.60. The molecule has 1 amide bonds. The highest BCUT2D eigenvalue weighted by Gasteiger charge is 2.16. The highest BCUT2D eigenvalue weighted by molar-refractivity contribution is 7.89. The summed E-state index contributed by atoms with van der Waals surface area (Å²) < 4.78 is 30.4. The van der Waals surface area contributed by atoms with Crippen LogP contribution in [0, 0.1) is 6.92 Å². The SMILES string of the molecule is CC(=O)c1cccc(S(=O)(=O)NCCNC(=O)c2snnc2C)c1. The molecule has 0 unspecified atom stereocenters. The molecule has 0 radical (unpaired) electrons. The van der Waals surface area contributed by atoms with Crippen LogP contribution in [0.5, 0.6) is 0 Å². The molecule has 0 aliphatic heterocycles. The average molecular weight is 368 g/mol. The summed E-state index contributed by atoms with van der Waals surface area (Å²) in [4.78, 5) is 23.6. The van der Waals surface area contributed by atoms with Crippen LogP contribution in [0.25, 0.3) is 0 Å². The van der Waals surface area contributed by atoms with E-state index in [0.717, 1.165) is 11.5 Å². The highest BCUT2D eigenvalue weighted by atomic mass is 32.2. The van der Waals surface area contributed by atoms with Crippen molar-refractivity contribution in [1.29, 1.82) is 0 Å². The van der Waals surface area contributed by atoms with Gasteiger partial charge in [-0.05, 0) is 37.5 Å². The first-order valence-corrected chi connectivity index (χ1v) is 9.25. The number of carbonyl (C=O) groups excluding carboxylic acids is 2. The quantitative estimate of drug-likeness (QED) is 0.550. The molecule has 0 fully saturated rings. The molecule has 0 bridgehead atoms. The number of nitrogens with zero attached hydrogens (tertiary/aromatic N) is 2. The molecule has 0 saturated carbocycles. The lowest BCUT2D eigenvalue weighted by atomic mass is 10.2. The summed E-state index contributed by atoms with van der Waals surface area (Å²) in [5, 5.41) is 6.33. The third-order valence-electron chi connectivity index (χ3n) is 3.11. The van der Waals surface area contributed by atoms with Gasteiger partial charge >= 0.3 is 0 Å². The van der Waals surface area contributed by atoms with E-state index in [0.29, 0.717) is 16.1 Å². The van der Waals surface area contributed by atoms with Gasteiger partial charge in [0.1, 0.15) is 4.88 Å². The van der Waals surface area contributed by atoms with Crippen molar-refractivity contribution in [3.05, 3.63) is 40.4 Å². The van der Waals surface area contributed by atoms with Crippen LogP contribution < -0.4 is 10.0 Å². The maximum absolute atomic E-state index is 12.2. The number of amides is 1. The Morgan fingerprint density at radius 1 is 1.25 bits per heavy atom. The number of aryl methyl sites for hydroxylation is 1. The van der Waals surface area contributed by atoms with Gasteiger partial charge in [-0.2, -0.15) is 0 Å². The molecule has 0 saturated heterocycles. The molecule has 2 N–H and O–H groups in total. The summed E-state index contributed by atoms with van der Waals surface area (Å²) in [6.07, 6.45) is 0. The lowest BCUT2D eigenvalue weighted by Crippen LogP contribution is -2.34. The molecule has 0 aliphatic carbocycles. The number of ketones is 1. The number of rotatable bonds is 7. The van der Waals surface area contributed by atoms with Crippen LogP contribution in [0.15, 0.2) is 29.2 Å². The van der Waals surface area contributed by atoms with Gasteiger partial charge in [0.25, 0.3) is 5.91 Å². The van der Waals surface area contributed by atoms with Gasteiger partial charge in [0.15, 0.2) is 5.78 Å². The second-order valence-corrected chi connectivity index (χ2v) is 7.45. The third kappa shape index (κ3) is 4.43. The fourth-order valence-electron chi connectivity index (χ4n) is 1.85. The minimum atomic E-state index is -3.75. The number of aromatic nitrogens is 2. The normalized spacial score (nSPS) is 11.2. The monoisotopic (exact) mass is 368 g/mol. The lowest BCUT2D eigenvalue weighted by Gasteiger charge is -2.08. The molecule has 2 aromatic rings. The van der Waals surface area contributed by atoms with Gasteiger partial charge in [-0.1, -0.05) is 16.6 Å². The van der Waals surface area contributed by atoms with Crippen molar-refractivity contribution >= 4 is 33.2 Å². The van der Waals surface area contributed by atoms with Crippen LogP contribution in [0.1, 0.15) is 32.6 Å². The molecular weight excluding hydrogens is 352 g/mol. The maximum Gasteiger partial charge on any atom is 0.264 e. The summed E-state index contributed by atoms with van der Waals surface area (Å²) in [7, 11) is -3.75. The van der Waals surface area contributed by atoms with Crippen molar-refractivity contribution in [1.82, 2.24) is 19.6 Å². The molecule has 0 spiro atoms. The maximum atomic E-state index is 12.2. The van der Waals surface area contributed by atoms with E-state index in [9.17, 15) is 18.0 Å². The zero-order chi connectivity index (χ0) is 17.7. The summed E-state index contributed by atoms with van der Waals surface area (Å²) in [6.45, 7) is 3.17. The first kappa shape index (κ1) is 18.2. The number of carbonyl (C=O) groups is 2. The van der Waals surface area contributed by atoms with Gasteiger partial charge < -0.3 is 5.32 Å². The standard InChI is InChI=1S/C14H16N4O4S2/c1-9-13(23-18-17-9)14(20)15-6-7-16-24(21,22)12-5-3-4-11(8-12)10(2)19/h3-5,8,16H,6-7H2,1-2H3,(H,15,20). The van der Waals surface area contributed by atoms with Gasteiger partial charge in [0.2, 0.25) is 10.0 Å².